The highest BCUT2D eigenvalue weighted by molar-refractivity contribution is 6.32. The van der Waals surface area contributed by atoms with Crippen molar-refractivity contribution in [2.24, 2.45) is 5.92 Å². The molecule has 1 rings (SSSR count). The molecule has 0 aliphatic carbocycles. The van der Waals surface area contributed by atoms with Crippen molar-refractivity contribution in [1.82, 2.24) is 0 Å². The second-order valence-corrected chi connectivity index (χ2v) is 4.87. The van der Waals surface area contributed by atoms with Crippen molar-refractivity contribution in [3.8, 4) is 11.5 Å². The maximum Gasteiger partial charge on any atom is 0.143 e. The predicted molar refractivity (Wildman–Crippen MR) is 77.1 cm³/mol. The molecule has 1 atom stereocenters. The summed E-state index contributed by atoms with van der Waals surface area (Å²) in [6.45, 7) is 5.34. The highest BCUT2D eigenvalue weighted by Crippen LogP contribution is 2.35. The molecule has 1 unspecified atom stereocenters. The Morgan fingerprint density at radius 3 is 2.44 bits per heavy atom. The maximum absolute atomic E-state index is 6.06. The lowest BCUT2D eigenvalue weighted by molar-refractivity contribution is 0.404. The molecule has 0 spiro atoms. The molecule has 102 valence electrons. The minimum atomic E-state index is 0.557. The molecular formula is C14H22ClNO2. The molecule has 1 N–H and O–H groups in total. The summed E-state index contributed by atoms with van der Waals surface area (Å²) in [5.74, 6) is 2.02. The van der Waals surface area contributed by atoms with E-state index in [2.05, 4.69) is 19.2 Å². The quantitative estimate of drug-likeness (QED) is 0.806. The zero-order valence-corrected chi connectivity index (χ0v) is 12.3. The molecular weight excluding hydrogens is 250 g/mol. The minimum Gasteiger partial charge on any atom is -0.495 e. The topological polar surface area (TPSA) is 30.5 Å². The van der Waals surface area contributed by atoms with Crippen LogP contribution in [0.4, 0.5) is 5.69 Å². The van der Waals surface area contributed by atoms with Gasteiger partial charge in [-0.1, -0.05) is 31.9 Å². The fourth-order valence-corrected chi connectivity index (χ4v) is 2.11. The smallest absolute Gasteiger partial charge is 0.143 e. The van der Waals surface area contributed by atoms with Gasteiger partial charge in [0.2, 0.25) is 0 Å². The van der Waals surface area contributed by atoms with Crippen molar-refractivity contribution in [3.63, 3.8) is 0 Å². The first-order chi connectivity index (χ1) is 8.62. The molecule has 0 aliphatic heterocycles. The third-order valence-electron chi connectivity index (χ3n) is 2.90. The van der Waals surface area contributed by atoms with E-state index in [1.165, 1.54) is 12.8 Å². The third kappa shape index (κ3) is 3.98. The average Bonchev–Trinajstić information content (AvgIpc) is 2.37. The number of benzene rings is 1. The SMILES string of the molecule is CCCC(C)CNc1cc(OC)c(Cl)cc1OC. The number of rotatable bonds is 7. The number of methoxy groups -OCH3 is 2. The predicted octanol–water partition coefficient (Wildman–Crippen LogP) is 4.21. The van der Waals surface area contributed by atoms with E-state index in [-0.39, 0.29) is 0 Å². The van der Waals surface area contributed by atoms with Gasteiger partial charge in [-0.15, -0.1) is 0 Å². The van der Waals surface area contributed by atoms with Gasteiger partial charge in [-0.3, -0.25) is 0 Å². The molecule has 18 heavy (non-hydrogen) atoms. The number of ether oxygens (including phenoxy) is 2. The molecule has 0 fully saturated rings. The maximum atomic E-state index is 6.06. The second-order valence-electron chi connectivity index (χ2n) is 4.46. The molecule has 1 aromatic rings. The van der Waals surface area contributed by atoms with Crippen LogP contribution in [-0.2, 0) is 0 Å². The van der Waals surface area contributed by atoms with Gasteiger partial charge < -0.3 is 14.8 Å². The van der Waals surface area contributed by atoms with Gasteiger partial charge in [0.15, 0.2) is 0 Å². The van der Waals surface area contributed by atoms with Gasteiger partial charge in [-0.25, -0.2) is 0 Å². The van der Waals surface area contributed by atoms with Crippen LogP contribution in [0.15, 0.2) is 12.1 Å². The Balaban J connectivity index is 2.79. The monoisotopic (exact) mass is 271 g/mol. The zero-order valence-electron chi connectivity index (χ0n) is 11.5. The van der Waals surface area contributed by atoms with Crippen molar-refractivity contribution >= 4 is 17.3 Å². The number of halogens is 1. The highest BCUT2D eigenvalue weighted by Gasteiger charge is 2.10. The van der Waals surface area contributed by atoms with Crippen LogP contribution < -0.4 is 14.8 Å². The summed E-state index contributed by atoms with van der Waals surface area (Å²) >= 11 is 6.06. The van der Waals surface area contributed by atoms with E-state index in [1.54, 1.807) is 20.3 Å². The summed E-state index contributed by atoms with van der Waals surface area (Å²) < 4.78 is 10.5. The summed E-state index contributed by atoms with van der Waals surface area (Å²) in [6.07, 6.45) is 2.41. The lowest BCUT2D eigenvalue weighted by atomic mass is 10.1. The highest BCUT2D eigenvalue weighted by atomic mass is 35.5. The van der Waals surface area contributed by atoms with Crippen molar-refractivity contribution in [3.05, 3.63) is 17.2 Å². The van der Waals surface area contributed by atoms with Gasteiger partial charge in [0.25, 0.3) is 0 Å². The van der Waals surface area contributed by atoms with E-state index in [0.29, 0.717) is 16.7 Å². The molecule has 0 aliphatic rings. The van der Waals surface area contributed by atoms with Gasteiger partial charge in [0.1, 0.15) is 11.5 Å². The van der Waals surface area contributed by atoms with Crippen LogP contribution in [0.1, 0.15) is 26.7 Å². The lowest BCUT2D eigenvalue weighted by Gasteiger charge is -2.16. The van der Waals surface area contributed by atoms with Crippen LogP contribution in [0, 0.1) is 5.92 Å². The number of hydrogen-bond acceptors (Lipinski definition) is 3. The van der Waals surface area contributed by atoms with E-state index < -0.39 is 0 Å². The summed E-state index contributed by atoms with van der Waals surface area (Å²) in [5.41, 5.74) is 0.918. The Bertz CT molecular complexity index is 382. The fraction of sp³-hybridized carbons (Fsp3) is 0.571. The minimum absolute atomic E-state index is 0.557. The molecule has 4 heteroatoms. The fourth-order valence-electron chi connectivity index (χ4n) is 1.88. The zero-order chi connectivity index (χ0) is 13.5. The van der Waals surface area contributed by atoms with E-state index >= 15 is 0 Å². The van der Waals surface area contributed by atoms with Crippen LogP contribution in [0.25, 0.3) is 0 Å². The summed E-state index contributed by atoms with van der Waals surface area (Å²) in [6, 6.07) is 3.65. The van der Waals surface area contributed by atoms with Crippen LogP contribution in [0.3, 0.4) is 0 Å². The molecule has 0 heterocycles. The molecule has 0 bridgehead atoms. The normalized spacial score (nSPS) is 12.1. The molecule has 0 saturated carbocycles. The van der Waals surface area contributed by atoms with Crippen molar-refractivity contribution in [1.29, 1.82) is 0 Å². The van der Waals surface area contributed by atoms with Gasteiger partial charge in [-0.2, -0.15) is 0 Å². The molecule has 3 nitrogen and oxygen atoms in total. The second kappa shape index (κ2) is 7.37. The van der Waals surface area contributed by atoms with E-state index in [9.17, 15) is 0 Å². The first-order valence-corrected chi connectivity index (χ1v) is 6.65. The summed E-state index contributed by atoms with van der Waals surface area (Å²) in [4.78, 5) is 0. The number of hydrogen-bond donors (Lipinski definition) is 1. The molecule has 0 amide bonds. The van der Waals surface area contributed by atoms with Gasteiger partial charge >= 0.3 is 0 Å². The van der Waals surface area contributed by atoms with Crippen LogP contribution >= 0.6 is 11.6 Å². The van der Waals surface area contributed by atoms with Crippen LogP contribution in [0.2, 0.25) is 5.02 Å². The van der Waals surface area contributed by atoms with Gasteiger partial charge in [-0.05, 0) is 12.3 Å². The Hall–Kier alpha value is -1.09. The molecule has 0 aromatic heterocycles. The first kappa shape index (κ1) is 15.0. The van der Waals surface area contributed by atoms with E-state index in [1.807, 2.05) is 6.07 Å². The van der Waals surface area contributed by atoms with Crippen molar-refractivity contribution in [2.45, 2.75) is 26.7 Å². The van der Waals surface area contributed by atoms with Crippen LogP contribution in [-0.4, -0.2) is 20.8 Å². The van der Waals surface area contributed by atoms with Gasteiger partial charge in [0.05, 0.1) is 24.9 Å². The van der Waals surface area contributed by atoms with Crippen molar-refractivity contribution < 1.29 is 9.47 Å². The van der Waals surface area contributed by atoms with Crippen molar-refractivity contribution in [2.75, 3.05) is 26.1 Å². The average molecular weight is 272 g/mol. The van der Waals surface area contributed by atoms with Crippen LogP contribution in [0.5, 0.6) is 11.5 Å². The van der Waals surface area contributed by atoms with E-state index in [0.717, 1.165) is 18.0 Å². The Kier molecular flexibility index (Phi) is 6.13. The summed E-state index contributed by atoms with van der Waals surface area (Å²) in [5, 5.41) is 3.94. The largest absolute Gasteiger partial charge is 0.495 e. The molecule has 1 aromatic carbocycles. The van der Waals surface area contributed by atoms with Gasteiger partial charge in [0, 0.05) is 18.7 Å². The first-order valence-electron chi connectivity index (χ1n) is 6.27. The number of nitrogens with one attached hydrogen (secondary N) is 1. The standard InChI is InChI=1S/C14H22ClNO2/c1-5-6-10(2)9-16-12-8-13(17-3)11(15)7-14(12)18-4/h7-8,10,16H,5-6,9H2,1-4H3. The Morgan fingerprint density at radius 1 is 1.22 bits per heavy atom. The molecule has 0 radical (unpaired) electrons. The Labute approximate surface area is 114 Å². The number of anilines is 1. The Morgan fingerprint density at radius 2 is 1.89 bits per heavy atom. The van der Waals surface area contributed by atoms with E-state index in [4.69, 9.17) is 21.1 Å². The summed E-state index contributed by atoms with van der Waals surface area (Å²) in [7, 11) is 3.25. The third-order valence-corrected chi connectivity index (χ3v) is 3.19. The molecule has 0 saturated heterocycles. The lowest BCUT2D eigenvalue weighted by Crippen LogP contribution is -2.11.